The first-order chi connectivity index (χ1) is 6.10. The number of rotatable bonds is 3. The molecular formula is C7H11NO5. The fraction of sp³-hybridized carbons (Fsp3) is 0.714. The lowest BCUT2D eigenvalue weighted by molar-refractivity contribution is -0.135. The predicted molar refractivity (Wildman–Crippen MR) is 42.4 cm³/mol. The Morgan fingerprint density at radius 1 is 1.54 bits per heavy atom. The Kier molecular flexibility index (Phi) is 2.84. The summed E-state index contributed by atoms with van der Waals surface area (Å²) in [6.07, 6.45) is 0. The summed E-state index contributed by atoms with van der Waals surface area (Å²) >= 11 is 0. The van der Waals surface area contributed by atoms with Gasteiger partial charge >= 0.3 is 5.97 Å². The maximum Gasteiger partial charge on any atom is 0.359 e. The van der Waals surface area contributed by atoms with Crippen molar-refractivity contribution in [3.63, 3.8) is 0 Å². The summed E-state index contributed by atoms with van der Waals surface area (Å²) in [6, 6.07) is 0. The van der Waals surface area contributed by atoms with Gasteiger partial charge in [0.15, 0.2) is 0 Å². The molecule has 0 saturated carbocycles. The zero-order chi connectivity index (χ0) is 9.90. The molecular weight excluding hydrogens is 178 g/mol. The standard InChI is InChI=1S/C7H11NO5/c1-7(12-3-4-13-7)5(6(9)10)8-11-2/h3-4H2,1-2H3,(H,9,10)/b8-5+. The van der Waals surface area contributed by atoms with Gasteiger partial charge in [0.1, 0.15) is 7.11 Å². The molecule has 74 valence electrons. The summed E-state index contributed by atoms with van der Waals surface area (Å²) in [4.78, 5) is 15.1. The van der Waals surface area contributed by atoms with E-state index in [0.29, 0.717) is 13.2 Å². The Labute approximate surface area is 75.1 Å². The minimum atomic E-state index is -1.29. The summed E-state index contributed by atoms with van der Waals surface area (Å²) in [5, 5.41) is 12.1. The van der Waals surface area contributed by atoms with Crippen LogP contribution in [0.4, 0.5) is 0 Å². The molecule has 1 N–H and O–H groups in total. The van der Waals surface area contributed by atoms with Crippen molar-refractivity contribution in [3.8, 4) is 0 Å². The minimum Gasteiger partial charge on any atom is -0.477 e. The number of carboxylic acid groups (broad SMARTS) is 1. The number of aliphatic carboxylic acids is 1. The van der Waals surface area contributed by atoms with Crippen molar-refractivity contribution in [1.82, 2.24) is 0 Å². The van der Waals surface area contributed by atoms with Gasteiger partial charge in [0.2, 0.25) is 11.5 Å². The number of ether oxygens (including phenoxy) is 2. The lowest BCUT2D eigenvalue weighted by Crippen LogP contribution is -2.41. The van der Waals surface area contributed by atoms with Crippen molar-refractivity contribution >= 4 is 11.7 Å². The van der Waals surface area contributed by atoms with Crippen LogP contribution in [0.5, 0.6) is 0 Å². The molecule has 1 aliphatic rings. The van der Waals surface area contributed by atoms with Gasteiger partial charge in [-0.15, -0.1) is 0 Å². The lowest BCUT2D eigenvalue weighted by atomic mass is 10.2. The molecule has 0 aromatic carbocycles. The van der Waals surface area contributed by atoms with Gasteiger partial charge in [0.05, 0.1) is 13.2 Å². The first-order valence-electron chi connectivity index (χ1n) is 3.73. The van der Waals surface area contributed by atoms with Crippen LogP contribution in [0.2, 0.25) is 0 Å². The van der Waals surface area contributed by atoms with Crippen LogP contribution in [-0.4, -0.2) is 42.9 Å². The molecule has 1 rings (SSSR count). The second kappa shape index (κ2) is 3.71. The molecule has 1 fully saturated rings. The van der Waals surface area contributed by atoms with E-state index < -0.39 is 11.8 Å². The van der Waals surface area contributed by atoms with E-state index in [1.807, 2.05) is 0 Å². The molecule has 0 aromatic rings. The van der Waals surface area contributed by atoms with Crippen LogP contribution in [0.3, 0.4) is 0 Å². The summed E-state index contributed by atoms with van der Waals surface area (Å²) in [6.45, 7) is 2.20. The van der Waals surface area contributed by atoms with E-state index in [4.69, 9.17) is 14.6 Å². The molecule has 1 saturated heterocycles. The highest BCUT2D eigenvalue weighted by molar-refractivity contribution is 6.38. The largest absolute Gasteiger partial charge is 0.477 e. The second-order valence-corrected chi connectivity index (χ2v) is 2.57. The molecule has 0 aromatic heterocycles. The average Bonchev–Trinajstić information content (AvgIpc) is 2.48. The number of carbonyl (C=O) groups is 1. The SMILES string of the molecule is CO/N=C(\C(=O)O)C1(C)OCCO1. The molecule has 6 nitrogen and oxygen atoms in total. The molecule has 0 amide bonds. The Hall–Kier alpha value is -1.14. The van der Waals surface area contributed by atoms with Crippen LogP contribution >= 0.6 is 0 Å². The molecule has 13 heavy (non-hydrogen) atoms. The number of hydrogen-bond acceptors (Lipinski definition) is 5. The zero-order valence-corrected chi connectivity index (χ0v) is 7.44. The van der Waals surface area contributed by atoms with Crippen LogP contribution in [-0.2, 0) is 19.1 Å². The maximum absolute atomic E-state index is 10.7. The molecule has 1 aliphatic heterocycles. The van der Waals surface area contributed by atoms with Crippen LogP contribution < -0.4 is 0 Å². The van der Waals surface area contributed by atoms with Gasteiger partial charge in [-0.3, -0.25) is 0 Å². The molecule has 0 bridgehead atoms. The highest BCUT2D eigenvalue weighted by Crippen LogP contribution is 2.20. The topological polar surface area (TPSA) is 77.4 Å². The number of oxime groups is 1. The summed E-state index contributed by atoms with van der Waals surface area (Å²) in [7, 11) is 1.27. The van der Waals surface area contributed by atoms with E-state index in [-0.39, 0.29) is 5.71 Å². The molecule has 0 atom stereocenters. The molecule has 0 radical (unpaired) electrons. The van der Waals surface area contributed by atoms with Crippen LogP contribution in [0.1, 0.15) is 6.92 Å². The fourth-order valence-corrected chi connectivity index (χ4v) is 1.06. The molecule has 0 spiro atoms. The van der Waals surface area contributed by atoms with Crippen molar-refractivity contribution < 1.29 is 24.2 Å². The van der Waals surface area contributed by atoms with Gasteiger partial charge in [-0.05, 0) is 6.92 Å². The molecule has 0 unspecified atom stereocenters. The van der Waals surface area contributed by atoms with Crippen LogP contribution in [0, 0.1) is 0 Å². The highest BCUT2D eigenvalue weighted by Gasteiger charge is 2.42. The van der Waals surface area contributed by atoms with Crippen LogP contribution in [0.15, 0.2) is 5.16 Å². The van der Waals surface area contributed by atoms with E-state index in [0.717, 1.165) is 0 Å². The Bertz CT molecular complexity index is 231. The number of carboxylic acids is 1. The third-order valence-electron chi connectivity index (χ3n) is 1.65. The van der Waals surface area contributed by atoms with Crippen molar-refractivity contribution in [3.05, 3.63) is 0 Å². The van der Waals surface area contributed by atoms with E-state index in [2.05, 4.69) is 9.99 Å². The summed E-state index contributed by atoms with van der Waals surface area (Å²) in [5.41, 5.74) is -0.285. The smallest absolute Gasteiger partial charge is 0.359 e. The van der Waals surface area contributed by atoms with Crippen molar-refractivity contribution in [1.29, 1.82) is 0 Å². The number of hydrogen-bond donors (Lipinski definition) is 1. The Balaban J connectivity index is 2.86. The lowest BCUT2D eigenvalue weighted by Gasteiger charge is -2.20. The minimum absolute atomic E-state index is 0.285. The van der Waals surface area contributed by atoms with Gasteiger partial charge in [-0.2, -0.15) is 0 Å². The molecule has 0 aliphatic carbocycles. The Morgan fingerprint density at radius 2 is 2.08 bits per heavy atom. The first kappa shape index (κ1) is 9.94. The quantitative estimate of drug-likeness (QED) is 0.493. The normalized spacial score (nSPS) is 21.5. The van der Waals surface area contributed by atoms with Crippen molar-refractivity contribution in [2.75, 3.05) is 20.3 Å². The van der Waals surface area contributed by atoms with Crippen molar-refractivity contribution in [2.24, 2.45) is 5.16 Å². The van der Waals surface area contributed by atoms with Gasteiger partial charge in [0, 0.05) is 0 Å². The van der Waals surface area contributed by atoms with Crippen LogP contribution in [0.25, 0.3) is 0 Å². The summed E-state index contributed by atoms with van der Waals surface area (Å²) in [5.74, 6) is -2.51. The predicted octanol–water partition coefficient (Wildman–Crippen LogP) is -0.164. The third kappa shape index (κ3) is 1.96. The zero-order valence-electron chi connectivity index (χ0n) is 7.44. The first-order valence-corrected chi connectivity index (χ1v) is 3.73. The van der Waals surface area contributed by atoms with Crippen molar-refractivity contribution in [2.45, 2.75) is 12.7 Å². The molecule has 1 heterocycles. The van der Waals surface area contributed by atoms with E-state index in [1.165, 1.54) is 14.0 Å². The second-order valence-electron chi connectivity index (χ2n) is 2.57. The average molecular weight is 189 g/mol. The van der Waals surface area contributed by atoms with E-state index in [1.54, 1.807) is 0 Å². The Morgan fingerprint density at radius 3 is 2.46 bits per heavy atom. The van der Waals surface area contributed by atoms with Gasteiger partial charge in [0.25, 0.3) is 0 Å². The van der Waals surface area contributed by atoms with E-state index >= 15 is 0 Å². The fourth-order valence-electron chi connectivity index (χ4n) is 1.06. The third-order valence-corrected chi connectivity index (χ3v) is 1.65. The maximum atomic E-state index is 10.7. The van der Waals surface area contributed by atoms with Gasteiger partial charge < -0.3 is 19.4 Å². The van der Waals surface area contributed by atoms with Gasteiger partial charge in [-0.1, -0.05) is 5.16 Å². The molecule has 6 heteroatoms. The monoisotopic (exact) mass is 189 g/mol. The summed E-state index contributed by atoms with van der Waals surface area (Å²) < 4.78 is 10.2. The number of nitrogens with zero attached hydrogens (tertiary/aromatic N) is 1. The van der Waals surface area contributed by atoms with Gasteiger partial charge in [-0.25, -0.2) is 4.79 Å². The highest BCUT2D eigenvalue weighted by atomic mass is 16.7. The van der Waals surface area contributed by atoms with E-state index in [9.17, 15) is 4.79 Å².